The van der Waals surface area contributed by atoms with E-state index in [1.165, 1.54) is 13.4 Å². The van der Waals surface area contributed by atoms with Gasteiger partial charge in [-0.25, -0.2) is 9.97 Å². The van der Waals surface area contributed by atoms with Crippen molar-refractivity contribution in [2.24, 2.45) is 0 Å². The van der Waals surface area contributed by atoms with Gasteiger partial charge in [-0.15, -0.1) is 0 Å². The third kappa shape index (κ3) is 2.42. The molecule has 0 saturated carbocycles. The normalized spacial score (nSPS) is 12.4. The zero-order valence-corrected chi connectivity index (χ0v) is 9.74. The molecule has 2 rings (SSSR count). The minimum absolute atomic E-state index is 0.428. The van der Waals surface area contributed by atoms with Gasteiger partial charge in [-0.1, -0.05) is 0 Å². The van der Waals surface area contributed by atoms with Crippen molar-refractivity contribution in [3.05, 3.63) is 36.0 Å². The SMILES string of the molecule is CCn1cc(C(O)c2cc(OC)ncn2)cn1. The number of nitrogens with zero attached hydrogens (tertiary/aromatic N) is 4. The lowest BCUT2D eigenvalue weighted by molar-refractivity contribution is 0.214. The van der Waals surface area contributed by atoms with E-state index in [1.807, 2.05) is 6.92 Å². The van der Waals surface area contributed by atoms with Crippen molar-refractivity contribution in [1.29, 1.82) is 0 Å². The first kappa shape index (κ1) is 11.5. The van der Waals surface area contributed by atoms with Crippen LogP contribution in [0.15, 0.2) is 24.8 Å². The van der Waals surface area contributed by atoms with E-state index >= 15 is 0 Å². The number of hydrogen-bond acceptors (Lipinski definition) is 5. The molecule has 0 bridgehead atoms. The maximum atomic E-state index is 10.1. The summed E-state index contributed by atoms with van der Waals surface area (Å²) >= 11 is 0. The minimum atomic E-state index is -0.813. The predicted octanol–water partition coefficient (Wildman–Crippen LogP) is 0.783. The summed E-state index contributed by atoms with van der Waals surface area (Å²) in [5.41, 5.74) is 1.19. The number of hydrogen-bond donors (Lipinski definition) is 1. The smallest absolute Gasteiger partial charge is 0.216 e. The molecule has 17 heavy (non-hydrogen) atoms. The number of methoxy groups -OCH3 is 1. The van der Waals surface area contributed by atoms with Crippen molar-refractivity contribution in [1.82, 2.24) is 19.7 Å². The summed E-state index contributed by atoms with van der Waals surface area (Å²) in [4.78, 5) is 7.91. The Labute approximate surface area is 98.9 Å². The Hall–Kier alpha value is -1.95. The lowest BCUT2D eigenvalue weighted by Crippen LogP contribution is -2.03. The molecule has 0 aromatic carbocycles. The van der Waals surface area contributed by atoms with Crippen LogP contribution in [0.2, 0.25) is 0 Å². The van der Waals surface area contributed by atoms with Crippen molar-refractivity contribution in [3.8, 4) is 5.88 Å². The molecule has 0 aliphatic heterocycles. The Kier molecular flexibility index (Phi) is 3.34. The molecule has 0 fully saturated rings. The number of ether oxygens (including phenoxy) is 1. The van der Waals surface area contributed by atoms with Gasteiger partial charge in [-0.2, -0.15) is 5.10 Å². The van der Waals surface area contributed by atoms with Gasteiger partial charge in [-0.05, 0) is 6.92 Å². The molecular weight excluding hydrogens is 220 g/mol. The van der Waals surface area contributed by atoms with Gasteiger partial charge < -0.3 is 9.84 Å². The van der Waals surface area contributed by atoms with Crippen LogP contribution in [0.25, 0.3) is 0 Å². The molecule has 0 aliphatic carbocycles. The van der Waals surface area contributed by atoms with Crippen LogP contribution in [0.1, 0.15) is 24.3 Å². The minimum Gasteiger partial charge on any atom is -0.481 e. The highest BCUT2D eigenvalue weighted by Crippen LogP contribution is 2.21. The van der Waals surface area contributed by atoms with Crippen LogP contribution in [0, 0.1) is 0 Å². The number of aliphatic hydroxyl groups excluding tert-OH is 1. The van der Waals surface area contributed by atoms with E-state index in [0.29, 0.717) is 17.1 Å². The van der Waals surface area contributed by atoms with E-state index in [2.05, 4.69) is 15.1 Å². The Bertz CT molecular complexity index is 498. The molecule has 2 heterocycles. The van der Waals surface area contributed by atoms with Crippen molar-refractivity contribution < 1.29 is 9.84 Å². The predicted molar refractivity (Wildman–Crippen MR) is 60.5 cm³/mol. The zero-order valence-electron chi connectivity index (χ0n) is 9.74. The van der Waals surface area contributed by atoms with E-state index in [9.17, 15) is 5.11 Å². The van der Waals surface area contributed by atoms with Gasteiger partial charge in [0.05, 0.1) is 19.0 Å². The van der Waals surface area contributed by atoms with Gasteiger partial charge in [0.1, 0.15) is 12.4 Å². The van der Waals surface area contributed by atoms with E-state index in [0.717, 1.165) is 6.54 Å². The molecular formula is C11H14N4O2. The number of aliphatic hydroxyl groups is 1. The summed E-state index contributed by atoms with van der Waals surface area (Å²) in [6.45, 7) is 2.75. The lowest BCUT2D eigenvalue weighted by atomic mass is 10.1. The molecule has 0 saturated heterocycles. The fourth-order valence-corrected chi connectivity index (χ4v) is 1.48. The molecule has 1 unspecified atom stereocenters. The highest BCUT2D eigenvalue weighted by atomic mass is 16.5. The van der Waals surface area contributed by atoms with Crippen LogP contribution < -0.4 is 4.74 Å². The fraction of sp³-hybridized carbons (Fsp3) is 0.364. The van der Waals surface area contributed by atoms with Crippen LogP contribution in [-0.4, -0.2) is 32.0 Å². The molecule has 6 heteroatoms. The van der Waals surface area contributed by atoms with E-state index in [1.54, 1.807) is 23.1 Å². The quantitative estimate of drug-likeness (QED) is 0.846. The molecule has 6 nitrogen and oxygen atoms in total. The largest absolute Gasteiger partial charge is 0.481 e. The number of aromatic nitrogens is 4. The first-order chi connectivity index (χ1) is 8.24. The first-order valence-corrected chi connectivity index (χ1v) is 5.31. The van der Waals surface area contributed by atoms with E-state index < -0.39 is 6.10 Å². The van der Waals surface area contributed by atoms with Gasteiger partial charge >= 0.3 is 0 Å². The van der Waals surface area contributed by atoms with Gasteiger partial charge in [-0.3, -0.25) is 4.68 Å². The summed E-state index contributed by atoms with van der Waals surface area (Å²) in [5.74, 6) is 0.428. The fourth-order valence-electron chi connectivity index (χ4n) is 1.48. The topological polar surface area (TPSA) is 73.1 Å². The molecule has 2 aromatic rings. The molecule has 1 atom stereocenters. The Morgan fingerprint density at radius 2 is 2.29 bits per heavy atom. The third-order valence-corrected chi connectivity index (χ3v) is 2.45. The number of aryl methyl sites for hydroxylation is 1. The van der Waals surface area contributed by atoms with Gasteiger partial charge in [0, 0.05) is 24.4 Å². The third-order valence-electron chi connectivity index (χ3n) is 2.45. The van der Waals surface area contributed by atoms with Crippen LogP contribution in [-0.2, 0) is 6.54 Å². The highest BCUT2D eigenvalue weighted by molar-refractivity contribution is 5.24. The molecule has 0 radical (unpaired) electrons. The van der Waals surface area contributed by atoms with Crippen LogP contribution >= 0.6 is 0 Å². The molecule has 0 spiro atoms. The molecule has 90 valence electrons. The van der Waals surface area contributed by atoms with Crippen molar-refractivity contribution in [2.45, 2.75) is 19.6 Å². The van der Waals surface area contributed by atoms with Crippen molar-refractivity contribution in [2.75, 3.05) is 7.11 Å². The zero-order chi connectivity index (χ0) is 12.3. The molecule has 2 aromatic heterocycles. The van der Waals surface area contributed by atoms with Crippen LogP contribution in [0.3, 0.4) is 0 Å². The molecule has 0 aliphatic rings. The summed E-state index contributed by atoms with van der Waals surface area (Å²) < 4.78 is 6.73. The molecule has 0 amide bonds. The van der Waals surface area contributed by atoms with Crippen LogP contribution in [0.4, 0.5) is 0 Å². The maximum absolute atomic E-state index is 10.1. The average Bonchev–Trinajstić information content (AvgIpc) is 2.86. The number of rotatable bonds is 4. The Morgan fingerprint density at radius 3 is 2.94 bits per heavy atom. The molecule has 1 N–H and O–H groups in total. The van der Waals surface area contributed by atoms with E-state index in [-0.39, 0.29) is 0 Å². The highest BCUT2D eigenvalue weighted by Gasteiger charge is 2.14. The monoisotopic (exact) mass is 234 g/mol. The second kappa shape index (κ2) is 4.92. The second-order valence-corrected chi connectivity index (χ2v) is 3.52. The van der Waals surface area contributed by atoms with Gasteiger partial charge in [0.25, 0.3) is 0 Å². The van der Waals surface area contributed by atoms with Gasteiger partial charge in [0.2, 0.25) is 5.88 Å². The second-order valence-electron chi connectivity index (χ2n) is 3.52. The lowest BCUT2D eigenvalue weighted by Gasteiger charge is -2.08. The van der Waals surface area contributed by atoms with Gasteiger partial charge in [0.15, 0.2) is 0 Å². The maximum Gasteiger partial charge on any atom is 0.216 e. The van der Waals surface area contributed by atoms with Crippen LogP contribution in [0.5, 0.6) is 5.88 Å². The Morgan fingerprint density at radius 1 is 1.47 bits per heavy atom. The Balaban J connectivity index is 2.26. The van der Waals surface area contributed by atoms with E-state index in [4.69, 9.17) is 4.74 Å². The summed E-state index contributed by atoms with van der Waals surface area (Å²) in [7, 11) is 1.52. The average molecular weight is 234 g/mol. The standard InChI is InChI=1S/C11H14N4O2/c1-3-15-6-8(5-14-15)11(16)9-4-10(17-2)13-7-12-9/h4-7,11,16H,3H2,1-2H3. The summed E-state index contributed by atoms with van der Waals surface area (Å²) in [6.07, 6.45) is 3.97. The summed E-state index contributed by atoms with van der Waals surface area (Å²) in [6, 6.07) is 1.61. The first-order valence-electron chi connectivity index (χ1n) is 5.31. The van der Waals surface area contributed by atoms with Crippen molar-refractivity contribution >= 4 is 0 Å². The summed E-state index contributed by atoms with van der Waals surface area (Å²) in [5, 5.41) is 14.2. The van der Waals surface area contributed by atoms with Crippen molar-refractivity contribution in [3.63, 3.8) is 0 Å².